The van der Waals surface area contributed by atoms with Gasteiger partial charge >= 0.3 is 0 Å². The maximum Gasteiger partial charge on any atom is 0.123 e. The molecule has 0 atom stereocenters. The fourth-order valence-corrected chi connectivity index (χ4v) is 1.94. The van der Waals surface area contributed by atoms with Crippen molar-refractivity contribution in [2.75, 3.05) is 13.2 Å². The molecule has 0 fully saturated rings. The van der Waals surface area contributed by atoms with E-state index in [0.29, 0.717) is 18.7 Å². The molecule has 0 aliphatic rings. The van der Waals surface area contributed by atoms with Gasteiger partial charge in [0, 0.05) is 30.7 Å². The fourth-order valence-electron chi connectivity index (χ4n) is 1.94. The highest BCUT2D eigenvalue weighted by atomic mass is 19.1. The number of aliphatic hydroxyl groups is 1. The van der Waals surface area contributed by atoms with Gasteiger partial charge in [0.1, 0.15) is 11.6 Å². The van der Waals surface area contributed by atoms with E-state index in [0.717, 1.165) is 12.8 Å². The summed E-state index contributed by atoms with van der Waals surface area (Å²) in [4.78, 5) is 0. The van der Waals surface area contributed by atoms with Crippen molar-refractivity contribution in [2.45, 2.75) is 33.2 Å². The standard InChI is InChI=1S/C14H22FNO2/c1-3-14(4-2,10-17)9-16-8-11-7-12(15)5-6-13(11)18/h5-7,16-18H,3-4,8-10H2,1-2H3. The van der Waals surface area contributed by atoms with Gasteiger partial charge in [0.15, 0.2) is 0 Å². The number of benzene rings is 1. The zero-order valence-electron chi connectivity index (χ0n) is 11.0. The van der Waals surface area contributed by atoms with Crippen molar-refractivity contribution in [2.24, 2.45) is 5.41 Å². The summed E-state index contributed by atoms with van der Waals surface area (Å²) in [5, 5.41) is 22.2. The van der Waals surface area contributed by atoms with Crippen LogP contribution >= 0.6 is 0 Å². The Balaban J connectivity index is 2.57. The number of halogens is 1. The summed E-state index contributed by atoms with van der Waals surface area (Å²) in [6.45, 7) is 5.25. The van der Waals surface area contributed by atoms with E-state index in [1.807, 2.05) is 13.8 Å². The quantitative estimate of drug-likeness (QED) is 0.701. The molecule has 0 unspecified atom stereocenters. The minimum Gasteiger partial charge on any atom is -0.508 e. The third kappa shape index (κ3) is 3.68. The first kappa shape index (κ1) is 14.9. The summed E-state index contributed by atoms with van der Waals surface area (Å²) < 4.78 is 13.0. The predicted molar refractivity (Wildman–Crippen MR) is 69.9 cm³/mol. The van der Waals surface area contributed by atoms with Crippen LogP contribution in [0.2, 0.25) is 0 Å². The Labute approximate surface area is 108 Å². The molecular weight excluding hydrogens is 233 g/mol. The van der Waals surface area contributed by atoms with Crippen molar-refractivity contribution in [3.05, 3.63) is 29.6 Å². The summed E-state index contributed by atoms with van der Waals surface area (Å²) >= 11 is 0. The lowest BCUT2D eigenvalue weighted by Gasteiger charge is -2.29. The van der Waals surface area contributed by atoms with Gasteiger partial charge in [-0.2, -0.15) is 0 Å². The molecule has 0 aliphatic carbocycles. The lowest BCUT2D eigenvalue weighted by atomic mass is 9.83. The van der Waals surface area contributed by atoms with Gasteiger partial charge in [-0.15, -0.1) is 0 Å². The second-order valence-electron chi connectivity index (χ2n) is 4.74. The Hall–Kier alpha value is -1.13. The van der Waals surface area contributed by atoms with E-state index in [4.69, 9.17) is 0 Å². The van der Waals surface area contributed by atoms with E-state index in [-0.39, 0.29) is 23.6 Å². The molecule has 18 heavy (non-hydrogen) atoms. The van der Waals surface area contributed by atoms with Crippen LogP contribution in [-0.2, 0) is 6.54 Å². The number of hydrogen-bond acceptors (Lipinski definition) is 3. The van der Waals surface area contributed by atoms with Crippen LogP contribution in [0.25, 0.3) is 0 Å². The molecule has 0 heterocycles. The monoisotopic (exact) mass is 255 g/mol. The van der Waals surface area contributed by atoms with Gasteiger partial charge in [-0.1, -0.05) is 13.8 Å². The first-order valence-electron chi connectivity index (χ1n) is 6.36. The summed E-state index contributed by atoms with van der Waals surface area (Å²) in [6, 6.07) is 3.90. The number of nitrogens with one attached hydrogen (secondary N) is 1. The lowest BCUT2D eigenvalue weighted by molar-refractivity contribution is 0.113. The normalized spacial score (nSPS) is 11.8. The molecule has 0 aliphatic heterocycles. The number of aromatic hydroxyl groups is 1. The van der Waals surface area contributed by atoms with Crippen LogP contribution in [0.4, 0.5) is 4.39 Å². The Morgan fingerprint density at radius 3 is 2.50 bits per heavy atom. The number of hydrogen-bond donors (Lipinski definition) is 3. The van der Waals surface area contributed by atoms with Crippen LogP contribution in [0.5, 0.6) is 5.75 Å². The van der Waals surface area contributed by atoms with Crippen molar-refractivity contribution in [3.63, 3.8) is 0 Å². The Morgan fingerprint density at radius 1 is 1.28 bits per heavy atom. The molecule has 0 amide bonds. The van der Waals surface area contributed by atoms with Crippen molar-refractivity contribution in [1.29, 1.82) is 0 Å². The minimum absolute atomic E-state index is 0.0893. The van der Waals surface area contributed by atoms with Crippen molar-refractivity contribution >= 4 is 0 Å². The first-order valence-corrected chi connectivity index (χ1v) is 6.36. The summed E-state index contributed by atoms with van der Waals surface area (Å²) in [6.07, 6.45) is 1.75. The van der Waals surface area contributed by atoms with Gasteiger partial charge in [-0.25, -0.2) is 4.39 Å². The Kier molecular flexibility index (Phi) is 5.56. The SMILES string of the molecule is CCC(CC)(CO)CNCc1cc(F)ccc1O. The molecule has 3 nitrogen and oxygen atoms in total. The van der Waals surface area contributed by atoms with E-state index in [2.05, 4.69) is 5.32 Å². The molecule has 102 valence electrons. The van der Waals surface area contributed by atoms with Gasteiger partial charge in [0.2, 0.25) is 0 Å². The van der Waals surface area contributed by atoms with Crippen LogP contribution in [0.3, 0.4) is 0 Å². The summed E-state index contributed by atoms with van der Waals surface area (Å²) in [5.74, 6) is -0.268. The molecular formula is C14H22FNO2. The molecule has 3 N–H and O–H groups in total. The number of rotatable bonds is 7. The third-order valence-corrected chi connectivity index (χ3v) is 3.69. The van der Waals surface area contributed by atoms with Crippen LogP contribution in [0.15, 0.2) is 18.2 Å². The van der Waals surface area contributed by atoms with E-state index in [1.54, 1.807) is 0 Å². The van der Waals surface area contributed by atoms with E-state index < -0.39 is 0 Å². The second kappa shape index (κ2) is 6.71. The van der Waals surface area contributed by atoms with Gasteiger partial charge < -0.3 is 15.5 Å². The molecule has 0 saturated heterocycles. The van der Waals surface area contributed by atoms with E-state index in [9.17, 15) is 14.6 Å². The molecule has 0 radical (unpaired) electrons. The molecule has 0 bridgehead atoms. The average Bonchev–Trinajstić information content (AvgIpc) is 2.39. The third-order valence-electron chi connectivity index (χ3n) is 3.69. The zero-order valence-corrected chi connectivity index (χ0v) is 11.0. The minimum atomic E-state index is -0.357. The highest BCUT2D eigenvalue weighted by Gasteiger charge is 2.24. The van der Waals surface area contributed by atoms with E-state index in [1.165, 1.54) is 18.2 Å². The summed E-state index contributed by atoms with van der Waals surface area (Å²) in [7, 11) is 0. The molecule has 4 heteroatoms. The molecule has 1 rings (SSSR count). The zero-order chi connectivity index (χ0) is 13.6. The molecule has 0 saturated carbocycles. The predicted octanol–water partition coefficient (Wildman–Crippen LogP) is 2.42. The van der Waals surface area contributed by atoms with Crippen LogP contribution < -0.4 is 5.32 Å². The maximum absolute atomic E-state index is 13.0. The number of phenolic OH excluding ortho intramolecular Hbond substituents is 1. The fraction of sp³-hybridized carbons (Fsp3) is 0.571. The van der Waals surface area contributed by atoms with Gasteiger partial charge in [0.05, 0.1) is 0 Å². The molecule has 1 aromatic carbocycles. The Bertz CT molecular complexity index is 370. The van der Waals surface area contributed by atoms with Gasteiger partial charge in [-0.3, -0.25) is 0 Å². The maximum atomic E-state index is 13.0. The molecule has 1 aromatic rings. The Morgan fingerprint density at radius 2 is 1.94 bits per heavy atom. The second-order valence-corrected chi connectivity index (χ2v) is 4.74. The van der Waals surface area contributed by atoms with Crippen molar-refractivity contribution < 1.29 is 14.6 Å². The van der Waals surface area contributed by atoms with Crippen LogP contribution in [-0.4, -0.2) is 23.4 Å². The number of aliphatic hydroxyl groups excluding tert-OH is 1. The lowest BCUT2D eigenvalue weighted by Crippen LogP contribution is -2.36. The van der Waals surface area contributed by atoms with Crippen molar-refractivity contribution in [3.8, 4) is 5.75 Å². The van der Waals surface area contributed by atoms with E-state index >= 15 is 0 Å². The highest BCUT2D eigenvalue weighted by Crippen LogP contribution is 2.25. The topological polar surface area (TPSA) is 52.5 Å². The number of phenols is 1. The molecule has 0 aromatic heterocycles. The largest absolute Gasteiger partial charge is 0.508 e. The molecule has 0 spiro atoms. The smallest absolute Gasteiger partial charge is 0.123 e. The highest BCUT2D eigenvalue weighted by molar-refractivity contribution is 5.32. The average molecular weight is 255 g/mol. The van der Waals surface area contributed by atoms with Crippen molar-refractivity contribution in [1.82, 2.24) is 5.32 Å². The first-order chi connectivity index (χ1) is 8.56. The van der Waals surface area contributed by atoms with Crippen LogP contribution in [0.1, 0.15) is 32.3 Å². The summed E-state index contributed by atoms with van der Waals surface area (Å²) in [5.41, 5.74) is 0.400. The van der Waals surface area contributed by atoms with Crippen LogP contribution in [0, 0.1) is 11.2 Å². The van der Waals surface area contributed by atoms with Gasteiger partial charge in [0.25, 0.3) is 0 Å². The van der Waals surface area contributed by atoms with Gasteiger partial charge in [-0.05, 0) is 31.0 Å².